The fourth-order valence-corrected chi connectivity index (χ4v) is 1.40. The van der Waals surface area contributed by atoms with Gasteiger partial charge >= 0.3 is 0 Å². The van der Waals surface area contributed by atoms with Crippen LogP contribution in [0.2, 0.25) is 0 Å². The molecule has 18 heavy (non-hydrogen) atoms. The molecule has 0 aliphatic rings. The number of phenols is 1. The zero-order valence-corrected chi connectivity index (χ0v) is 12.5. The van der Waals surface area contributed by atoms with Crippen LogP contribution in [0.1, 0.15) is 31.1 Å². The van der Waals surface area contributed by atoms with E-state index in [0.29, 0.717) is 5.75 Å². The van der Waals surface area contributed by atoms with Crippen molar-refractivity contribution in [2.24, 2.45) is 0 Å². The Bertz CT molecular complexity index is 444. The van der Waals surface area contributed by atoms with Gasteiger partial charge in [-0.25, -0.2) is 0 Å². The molecule has 0 saturated carbocycles. The second-order valence-electron chi connectivity index (χ2n) is 4.67. The summed E-state index contributed by atoms with van der Waals surface area (Å²) < 4.78 is 4.97. The van der Waals surface area contributed by atoms with Crippen LogP contribution in [0.15, 0.2) is 18.2 Å². The van der Waals surface area contributed by atoms with Gasteiger partial charge in [-0.2, -0.15) is 0 Å². The molecule has 1 aromatic carbocycles. The van der Waals surface area contributed by atoms with E-state index in [1.165, 1.54) is 13.2 Å². The van der Waals surface area contributed by atoms with Crippen LogP contribution in [-0.2, 0) is 0 Å². The Balaban J connectivity index is 2.92. The van der Waals surface area contributed by atoms with Gasteiger partial charge in [-0.05, 0) is 26.0 Å². The average molecular weight is 316 g/mol. The molecule has 4 nitrogen and oxygen atoms in total. The predicted molar refractivity (Wildman–Crippen MR) is 74.6 cm³/mol. The Morgan fingerprint density at radius 2 is 2.11 bits per heavy atom. The molecule has 0 aromatic heterocycles. The first-order valence-electron chi connectivity index (χ1n) is 5.61. The van der Waals surface area contributed by atoms with Gasteiger partial charge in [-0.15, -0.1) is 0 Å². The number of phenolic OH excluding ortho intramolecular Hbond substituents is 1. The maximum Gasteiger partial charge on any atom is 0.255 e. The highest BCUT2D eigenvalue weighted by Gasteiger charge is 2.27. The normalized spacial score (nSPS) is 12.9. The van der Waals surface area contributed by atoms with E-state index in [2.05, 4.69) is 21.2 Å². The monoisotopic (exact) mass is 315 g/mol. The topological polar surface area (TPSA) is 58.6 Å². The minimum absolute atomic E-state index is 0.0927. The molecule has 100 valence electrons. The van der Waals surface area contributed by atoms with Gasteiger partial charge in [-0.3, -0.25) is 4.79 Å². The van der Waals surface area contributed by atoms with Crippen LogP contribution < -0.4 is 10.1 Å². The molecule has 0 fully saturated rings. The lowest BCUT2D eigenvalue weighted by Gasteiger charge is -2.29. The molecular weight excluding hydrogens is 298 g/mol. The highest BCUT2D eigenvalue weighted by molar-refractivity contribution is 9.09. The number of hydrogen-bond acceptors (Lipinski definition) is 3. The molecule has 1 rings (SSSR count). The molecule has 1 aromatic rings. The number of rotatable bonds is 4. The maximum atomic E-state index is 12.1. The molecule has 1 amide bonds. The summed E-state index contributed by atoms with van der Waals surface area (Å²) in [5, 5.41) is 12.6. The lowest BCUT2D eigenvalue weighted by molar-refractivity contribution is 0.0911. The minimum Gasteiger partial charge on any atom is -0.507 e. The third kappa shape index (κ3) is 3.38. The summed E-state index contributed by atoms with van der Waals surface area (Å²) in [5.41, 5.74) is -0.180. The molecule has 1 unspecified atom stereocenters. The largest absolute Gasteiger partial charge is 0.507 e. The summed E-state index contributed by atoms with van der Waals surface area (Å²) >= 11 is 3.44. The molecule has 0 aliphatic carbocycles. The number of carbonyl (C=O) groups excluding carboxylic acids is 1. The van der Waals surface area contributed by atoms with Crippen LogP contribution in [0.4, 0.5) is 0 Å². The predicted octanol–water partition coefficient (Wildman–Crippen LogP) is 2.69. The maximum absolute atomic E-state index is 12.1. The molecule has 0 radical (unpaired) electrons. The van der Waals surface area contributed by atoms with E-state index in [9.17, 15) is 9.90 Å². The first-order chi connectivity index (χ1) is 8.27. The Kier molecular flexibility index (Phi) is 4.62. The average Bonchev–Trinajstić information content (AvgIpc) is 2.27. The first kappa shape index (κ1) is 14.8. The van der Waals surface area contributed by atoms with Crippen LogP contribution in [0, 0.1) is 0 Å². The van der Waals surface area contributed by atoms with Gasteiger partial charge in [0.05, 0.1) is 12.7 Å². The van der Waals surface area contributed by atoms with E-state index in [4.69, 9.17) is 4.74 Å². The fraction of sp³-hybridized carbons (Fsp3) is 0.462. The van der Waals surface area contributed by atoms with Crippen molar-refractivity contribution in [1.29, 1.82) is 0 Å². The van der Waals surface area contributed by atoms with Gasteiger partial charge in [0.1, 0.15) is 11.5 Å². The number of halogens is 1. The van der Waals surface area contributed by atoms with E-state index in [0.717, 1.165) is 0 Å². The zero-order valence-electron chi connectivity index (χ0n) is 11.0. The lowest BCUT2D eigenvalue weighted by Crippen LogP contribution is -2.48. The summed E-state index contributed by atoms with van der Waals surface area (Å²) in [7, 11) is 1.50. The molecular formula is C13H18BrNO3. The van der Waals surface area contributed by atoms with Crippen LogP contribution >= 0.6 is 15.9 Å². The van der Waals surface area contributed by atoms with Gasteiger partial charge in [0, 0.05) is 16.4 Å². The molecule has 0 bridgehead atoms. The highest BCUT2D eigenvalue weighted by Crippen LogP contribution is 2.24. The van der Waals surface area contributed by atoms with Crippen molar-refractivity contribution < 1.29 is 14.6 Å². The third-order valence-electron chi connectivity index (χ3n) is 2.88. The van der Waals surface area contributed by atoms with Crippen molar-refractivity contribution in [2.45, 2.75) is 31.1 Å². The van der Waals surface area contributed by atoms with Crippen molar-refractivity contribution in [2.75, 3.05) is 7.11 Å². The second-order valence-corrected chi connectivity index (χ2v) is 6.05. The minimum atomic E-state index is -0.413. The van der Waals surface area contributed by atoms with Crippen LogP contribution in [0.5, 0.6) is 11.5 Å². The van der Waals surface area contributed by atoms with E-state index in [-0.39, 0.29) is 22.0 Å². The fourth-order valence-electron chi connectivity index (χ4n) is 1.29. The molecule has 5 heteroatoms. The summed E-state index contributed by atoms with van der Waals surface area (Å²) in [5.74, 6) is 0.105. The molecule has 0 heterocycles. The highest BCUT2D eigenvalue weighted by atomic mass is 79.9. The summed E-state index contributed by atoms with van der Waals surface area (Å²) in [6, 6.07) is 4.59. The van der Waals surface area contributed by atoms with Gasteiger partial charge in [0.2, 0.25) is 0 Å². The molecule has 0 spiro atoms. The standard InChI is InChI=1S/C13H18BrNO3/c1-8(14)13(2,3)15-12(17)10-6-5-9(18-4)7-11(10)16/h5-8,16H,1-4H3,(H,15,17). The molecule has 0 aliphatic heterocycles. The van der Waals surface area contributed by atoms with Crippen molar-refractivity contribution in [3.63, 3.8) is 0 Å². The number of methoxy groups -OCH3 is 1. The molecule has 1 atom stereocenters. The zero-order chi connectivity index (χ0) is 13.9. The van der Waals surface area contributed by atoms with Crippen LogP contribution in [0.25, 0.3) is 0 Å². The number of ether oxygens (including phenoxy) is 1. The quantitative estimate of drug-likeness (QED) is 0.840. The van der Waals surface area contributed by atoms with Crippen LogP contribution in [0.3, 0.4) is 0 Å². The van der Waals surface area contributed by atoms with Crippen molar-refractivity contribution >= 4 is 21.8 Å². The van der Waals surface area contributed by atoms with Crippen LogP contribution in [-0.4, -0.2) is 28.5 Å². The number of hydrogen-bond donors (Lipinski definition) is 2. The number of benzene rings is 1. The van der Waals surface area contributed by atoms with E-state index >= 15 is 0 Å². The van der Waals surface area contributed by atoms with E-state index in [1.807, 2.05) is 20.8 Å². The van der Waals surface area contributed by atoms with Gasteiger partial charge in [0.15, 0.2) is 0 Å². The third-order valence-corrected chi connectivity index (χ3v) is 4.02. The van der Waals surface area contributed by atoms with E-state index < -0.39 is 5.54 Å². The SMILES string of the molecule is COc1ccc(C(=O)NC(C)(C)C(C)Br)c(O)c1. The van der Waals surface area contributed by atoms with E-state index in [1.54, 1.807) is 12.1 Å². The van der Waals surface area contributed by atoms with Crippen molar-refractivity contribution in [1.82, 2.24) is 5.32 Å². The van der Waals surface area contributed by atoms with Gasteiger partial charge in [-0.1, -0.05) is 22.9 Å². The number of carbonyl (C=O) groups is 1. The summed E-state index contributed by atoms with van der Waals surface area (Å²) in [6.07, 6.45) is 0. The number of aromatic hydroxyl groups is 1. The molecule has 2 N–H and O–H groups in total. The Morgan fingerprint density at radius 1 is 1.50 bits per heavy atom. The Hall–Kier alpha value is -1.23. The second kappa shape index (κ2) is 5.61. The Morgan fingerprint density at radius 3 is 2.56 bits per heavy atom. The number of alkyl halides is 1. The van der Waals surface area contributed by atoms with Gasteiger partial charge in [0.25, 0.3) is 5.91 Å². The summed E-state index contributed by atoms with van der Waals surface area (Å²) in [6.45, 7) is 5.77. The number of amides is 1. The van der Waals surface area contributed by atoms with Crippen molar-refractivity contribution in [3.8, 4) is 11.5 Å². The number of nitrogens with one attached hydrogen (secondary N) is 1. The molecule has 0 saturated heterocycles. The first-order valence-corrected chi connectivity index (χ1v) is 6.53. The van der Waals surface area contributed by atoms with Crippen molar-refractivity contribution in [3.05, 3.63) is 23.8 Å². The van der Waals surface area contributed by atoms with Gasteiger partial charge < -0.3 is 15.2 Å². The lowest BCUT2D eigenvalue weighted by atomic mass is 10.0. The smallest absolute Gasteiger partial charge is 0.255 e. The Labute approximate surface area is 115 Å². The summed E-state index contributed by atoms with van der Waals surface area (Å²) in [4.78, 5) is 12.2.